The van der Waals surface area contributed by atoms with Gasteiger partial charge >= 0.3 is 0 Å². The standard InChI is InChI=1S/C28H36N4O3S/c1-20-13-15-32(16-14-20)28(33)27(18-21-7-12-25-26(17-21)30-19-29-25)31-36(34,35)24-10-8-23(9-11-24)22-5-3-2-4-6-22/h7-12,17,19-20,22,27,31H,2-6,13-16,18H2,1H3,(H,29,30). The van der Waals surface area contributed by atoms with Crippen LogP contribution in [0.1, 0.15) is 68.9 Å². The number of benzene rings is 2. The van der Waals surface area contributed by atoms with Crippen molar-refractivity contribution in [1.82, 2.24) is 19.6 Å². The fourth-order valence-corrected chi connectivity index (χ4v) is 6.77. The summed E-state index contributed by atoms with van der Waals surface area (Å²) in [5, 5.41) is 0. The first kappa shape index (κ1) is 25.0. The molecule has 1 aromatic heterocycles. The lowest BCUT2D eigenvalue weighted by atomic mass is 9.84. The van der Waals surface area contributed by atoms with Crippen LogP contribution < -0.4 is 4.72 Å². The van der Waals surface area contributed by atoms with Gasteiger partial charge in [-0.3, -0.25) is 4.79 Å². The molecule has 1 unspecified atom stereocenters. The molecule has 1 atom stereocenters. The predicted octanol–water partition coefficient (Wildman–Crippen LogP) is 4.76. The van der Waals surface area contributed by atoms with Crippen LogP contribution in [-0.4, -0.2) is 48.3 Å². The molecule has 8 heteroatoms. The number of nitrogens with zero attached hydrogens (tertiary/aromatic N) is 2. The van der Waals surface area contributed by atoms with E-state index in [2.05, 4.69) is 21.6 Å². The lowest BCUT2D eigenvalue weighted by molar-refractivity contribution is -0.134. The Bertz CT molecular complexity index is 1290. The van der Waals surface area contributed by atoms with Crippen molar-refractivity contribution in [1.29, 1.82) is 0 Å². The SMILES string of the molecule is CC1CCN(C(=O)C(Cc2ccc3nc[nH]c3c2)NS(=O)(=O)c2ccc(C3CCCCC3)cc2)CC1. The Morgan fingerprint density at radius 1 is 1.06 bits per heavy atom. The molecule has 1 aliphatic carbocycles. The van der Waals surface area contributed by atoms with Gasteiger partial charge in [0.15, 0.2) is 0 Å². The molecule has 36 heavy (non-hydrogen) atoms. The summed E-state index contributed by atoms with van der Waals surface area (Å²) < 4.78 is 29.6. The number of likely N-dealkylation sites (tertiary alicyclic amines) is 1. The van der Waals surface area contributed by atoms with Gasteiger partial charge in [0.05, 0.1) is 22.3 Å². The molecule has 0 bridgehead atoms. The number of imidazole rings is 1. The summed E-state index contributed by atoms with van der Waals surface area (Å²) in [4.78, 5) is 22.9. The molecule has 192 valence electrons. The second kappa shape index (κ2) is 10.7. The van der Waals surface area contributed by atoms with E-state index < -0.39 is 16.1 Å². The number of sulfonamides is 1. The number of piperidine rings is 1. The van der Waals surface area contributed by atoms with E-state index in [1.165, 1.54) is 24.8 Å². The monoisotopic (exact) mass is 508 g/mol. The number of rotatable bonds is 7. The van der Waals surface area contributed by atoms with E-state index in [1.54, 1.807) is 18.5 Å². The molecular formula is C28H36N4O3S. The third kappa shape index (κ3) is 5.65. The lowest BCUT2D eigenvalue weighted by Crippen LogP contribution is -2.51. The van der Waals surface area contributed by atoms with Crippen molar-refractivity contribution in [3.63, 3.8) is 0 Å². The van der Waals surface area contributed by atoms with E-state index in [0.29, 0.717) is 24.9 Å². The predicted molar refractivity (Wildman–Crippen MR) is 141 cm³/mol. The third-order valence-corrected chi connectivity index (χ3v) is 9.37. The van der Waals surface area contributed by atoms with Gasteiger partial charge in [-0.05, 0) is 79.3 Å². The zero-order valence-electron chi connectivity index (χ0n) is 20.9. The number of hydrogen-bond donors (Lipinski definition) is 2. The van der Waals surface area contributed by atoms with Gasteiger partial charge in [-0.1, -0.05) is 44.4 Å². The number of nitrogens with one attached hydrogen (secondary N) is 2. The largest absolute Gasteiger partial charge is 0.345 e. The van der Waals surface area contributed by atoms with Crippen molar-refractivity contribution in [2.75, 3.05) is 13.1 Å². The summed E-state index contributed by atoms with van der Waals surface area (Å²) in [6.07, 6.45) is 9.86. The van der Waals surface area contributed by atoms with Gasteiger partial charge in [-0.25, -0.2) is 13.4 Å². The molecule has 1 aliphatic heterocycles. The van der Waals surface area contributed by atoms with Crippen molar-refractivity contribution >= 4 is 27.0 Å². The van der Waals surface area contributed by atoms with Crippen LogP contribution >= 0.6 is 0 Å². The number of amides is 1. The van der Waals surface area contributed by atoms with Gasteiger partial charge in [0.25, 0.3) is 0 Å². The molecule has 2 N–H and O–H groups in total. The first-order chi connectivity index (χ1) is 17.4. The van der Waals surface area contributed by atoms with Crippen LogP contribution in [0.3, 0.4) is 0 Å². The molecule has 1 amide bonds. The fourth-order valence-electron chi connectivity index (χ4n) is 5.58. The maximum atomic E-state index is 13.6. The third-order valence-electron chi connectivity index (χ3n) is 7.88. The van der Waals surface area contributed by atoms with Gasteiger partial charge in [-0.15, -0.1) is 0 Å². The molecule has 0 radical (unpaired) electrons. The van der Waals surface area contributed by atoms with Crippen molar-refractivity contribution < 1.29 is 13.2 Å². The molecule has 5 rings (SSSR count). The first-order valence-corrected chi connectivity index (χ1v) is 14.7. The zero-order valence-corrected chi connectivity index (χ0v) is 21.8. The highest BCUT2D eigenvalue weighted by Crippen LogP contribution is 2.33. The Balaban J connectivity index is 1.37. The van der Waals surface area contributed by atoms with Gasteiger partial charge in [-0.2, -0.15) is 4.72 Å². The zero-order chi connectivity index (χ0) is 25.1. The minimum absolute atomic E-state index is 0.158. The van der Waals surface area contributed by atoms with Crippen molar-refractivity contribution in [2.24, 2.45) is 5.92 Å². The maximum Gasteiger partial charge on any atom is 0.241 e. The number of carbonyl (C=O) groups is 1. The number of aromatic amines is 1. The summed E-state index contributed by atoms with van der Waals surface area (Å²) in [6, 6.07) is 12.1. The van der Waals surface area contributed by atoms with E-state index in [4.69, 9.17) is 0 Å². The van der Waals surface area contributed by atoms with Crippen LogP contribution in [0, 0.1) is 5.92 Å². The van der Waals surface area contributed by atoms with E-state index in [-0.39, 0.29) is 17.2 Å². The van der Waals surface area contributed by atoms with Crippen LogP contribution in [-0.2, 0) is 21.2 Å². The van der Waals surface area contributed by atoms with Gasteiger partial charge in [0.1, 0.15) is 6.04 Å². The Morgan fingerprint density at radius 2 is 1.78 bits per heavy atom. The second-order valence-electron chi connectivity index (χ2n) is 10.5. The highest BCUT2D eigenvalue weighted by molar-refractivity contribution is 7.89. The second-order valence-corrected chi connectivity index (χ2v) is 12.3. The van der Waals surface area contributed by atoms with Crippen LogP contribution in [0.5, 0.6) is 0 Å². The quantitative estimate of drug-likeness (QED) is 0.481. The molecule has 0 spiro atoms. The highest BCUT2D eigenvalue weighted by Gasteiger charge is 2.31. The number of hydrogen-bond acceptors (Lipinski definition) is 4. The highest BCUT2D eigenvalue weighted by atomic mass is 32.2. The van der Waals surface area contributed by atoms with Crippen LogP contribution in [0.2, 0.25) is 0 Å². The van der Waals surface area contributed by atoms with Crippen molar-refractivity contribution in [2.45, 2.75) is 75.1 Å². The Morgan fingerprint density at radius 3 is 2.50 bits per heavy atom. The molecule has 1 saturated carbocycles. The van der Waals surface area contributed by atoms with E-state index in [9.17, 15) is 13.2 Å². The Kier molecular flexibility index (Phi) is 7.44. The number of aromatic nitrogens is 2. The molecule has 2 fully saturated rings. The van der Waals surface area contributed by atoms with E-state index in [0.717, 1.165) is 42.3 Å². The normalized spacial score (nSPS) is 19.0. The molecule has 2 heterocycles. The molecular weight excluding hydrogens is 472 g/mol. The van der Waals surface area contributed by atoms with E-state index >= 15 is 0 Å². The number of H-pyrrole nitrogens is 1. The average molecular weight is 509 g/mol. The Hall–Kier alpha value is -2.71. The van der Waals surface area contributed by atoms with Gasteiger partial charge in [0, 0.05) is 13.1 Å². The summed E-state index contributed by atoms with van der Waals surface area (Å²) >= 11 is 0. The summed E-state index contributed by atoms with van der Waals surface area (Å²) in [5.41, 5.74) is 3.79. The van der Waals surface area contributed by atoms with Gasteiger partial charge in [0.2, 0.25) is 15.9 Å². The summed E-state index contributed by atoms with van der Waals surface area (Å²) in [5.74, 6) is 0.931. The lowest BCUT2D eigenvalue weighted by Gasteiger charge is -2.33. The number of carbonyl (C=O) groups excluding carboxylic acids is 1. The minimum Gasteiger partial charge on any atom is -0.345 e. The molecule has 2 aliphatic rings. The fraction of sp³-hybridized carbons (Fsp3) is 0.500. The maximum absolute atomic E-state index is 13.6. The van der Waals surface area contributed by atoms with Crippen LogP contribution in [0.25, 0.3) is 11.0 Å². The molecule has 3 aromatic rings. The Labute approximate surface area is 213 Å². The summed E-state index contributed by atoms with van der Waals surface area (Å²) in [6.45, 7) is 3.51. The van der Waals surface area contributed by atoms with Crippen molar-refractivity contribution in [3.05, 3.63) is 59.9 Å². The topological polar surface area (TPSA) is 95.2 Å². The van der Waals surface area contributed by atoms with Gasteiger partial charge < -0.3 is 9.88 Å². The number of fused-ring (bicyclic) bond motifs is 1. The van der Waals surface area contributed by atoms with E-state index in [1.807, 2.05) is 35.2 Å². The van der Waals surface area contributed by atoms with Crippen LogP contribution in [0.15, 0.2) is 53.7 Å². The first-order valence-electron chi connectivity index (χ1n) is 13.2. The average Bonchev–Trinajstić information content (AvgIpc) is 3.37. The van der Waals surface area contributed by atoms with Crippen LogP contribution in [0.4, 0.5) is 0 Å². The molecule has 7 nitrogen and oxygen atoms in total. The smallest absolute Gasteiger partial charge is 0.241 e. The molecule has 2 aromatic carbocycles. The van der Waals surface area contributed by atoms with Crippen molar-refractivity contribution in [3.8, 4) is 0 Å². The summed E-state index contributed by atoms with van der Waals surface area (Å²) in [7, 11) is -3.87. The molecule has 1 saturated heterocycles. The minimum atomic E-state index is -3.87.